The van der Waals surface area contributed by atoms with Crippen LogP contribution in [-0.2, 0) is 17.6 Å². The number of halogens is 2. The van der Waals surface area contributed by atoms with Crippen molar-refractivity contribution in [1.29, 1.82) is 0 Å². The second-order valence-electron chi connectivity index (χ2n) is 7.51. The Bertz CT molecular complexity index is 715. The molecule has 2 aromatic carbocycles. The van der Waals surface area contributed by atoms with Gasteiger partial charge in [-0.1, -0.05) is 47.5 Å². The van der Waals surface area contributed by atoms with Crippen LogP contribution in [-0.4, -0.2) is 29.8 Å². The molecule has 4 heteroatoms. The normalized spacial score (nSPS) is 21.3. The summed E-state index contributed by atoms with van der Waals surface area (Å²) in [7, 11) is 0. The number of ketones is 1. The van der Waals surface area contributed by atoms with E-state index in [1.54, 1.807) is 0 Å². The topological polar surface area (TPSA) is 20.3 Å². The number of likely N-dealkylation sites (tertiary alicyclic amines) is 1. The van der Waals surface area contributed by atoms with Crippen molar-refractivity contribution in [3.05, 3.63) is 69.7 Å². The molecule has 3 rings (SSSR count). The number of hydrogen-bond acceptors (Lipinski definition) is 2. The van der Waals surface area contributed by atoms with Gasteiger partial charge in [0.25, 0.3) is 0 Å². The van der Waals surface area contributed by atoms with Crippen molar-refractivity contribution >= 4 is 29.0 Å². The van der Waals surface area contributed by atoms with Gasteiger partial charge in [-0.2, -0.15) is 0 Å². The summed E-state index contributed by atoms with van der Waals surface area (Å²) in [5.74, 6) is 0.379. The van der Waals surface area contributed by atoms with Crippen molar-refractivity contribution in [3.63, 3.8) is 0 Å². The molecule has 0 aliphatic carbocycles. The van der Waals surface area contributed by atoms with Crippen LogP contribution in [0, 0.1) is 11.8 Å². The summed E-state index contributed by atoms with van der Waals surface area (Å²) < 4.78 is 0. The average molecular weight is 390 g/mol. The molecule has 0 radical (unpaired) electrons. The zero-order valence-electron chi connectivity index (χ0n) is 15.3. The first-order chi connectivity index (χ1) is 12.4. The van der Waals surface area contributed by atoms with Crippen molar-refractivity contribution in [2.24, 2.45) is 11.8 Å². The van der Waals surface area contributed by atoms with Gasteiger partial charge in [0.1, 0.15) is 5.78 Å². The van der Waals surface area contributed by atoms with Crippen molar-refractivity contribution in [2.45, 2.75) is 32.7 Å². The minimum atomic E-state index is 0.00815. The van der Waals surface area contributed by atoms with Crippen molar-refractivity contribution in [3.8, 4) is 0 Å². The quantitative estimate of drug-likeness (QED) is 0.690. The molecule has 1 fully saturated rings. The number of carbonyl (C=O) groups excluding carboxylic acids is 1. The summed E-state index contributed by atoms with van der Waals surface area (Å²) in [4.78, 5) is 15.6. The van der Waals surface area contributed by atoms with Gasteiger partial charge in [-0.15, -0.1) is 0 Å². The SMILES string of the molecule is CC(C)N1CC(Cc2cccc(Cl)c2)C(=O)C(Cc2cccc(Cl)c2)C1. The molecule has 1 saturated heterocycles. The molecule has 0 N–H and O–H groups in total. The molecule has 138 valence electrons. The lowest BCUT2D eigenvalue weighted by Crippen LogP contribution is -2.50. The third kappa shape index (κ3) is 4.88. The van der Waals surface area contributed by atoms with E-state index in [1.807, 2.05) is 36.4 Å². The highest BCUT2D eigenvalue weighted by atomic mass is 35.5. The van der Waals surface area contributed by atoms with Crippen LogP contribution in [0.2, 0.25) is 10.0 Å². The van der Waals surface area contributed by atoms with Crippen LogP contribution in [0.5, 0.6) is 0 Å². The molecule has 1 aliphatic rings. The summed E-state index contributed by atoms with van der Waals surface area (Å²) in [5, 5.41) is 1.45. The zero-order chi connectivity index (χ0) is 18.7. The Hall–Kier alpha value is -1.35. The summed E-state index contributed by atoms with van der Waals surface area (Å²) in [6, 6.07) is 16.1. The minimum Gasteiger partial charge on any atom is -0.299 e. The van der Waals surface area contributed by atoms with E-state index in [9.17, 15) is 4.79 Å². The minimum absolute atomic E-state index is 0.00815. The predicted molar refractivity (Wildman–Crippen MR) is 109 cm³/mol. The van der Waals surface area contributed by atoms with E-state index in [2.05, 4.69) is 30.9 Å². The standard InChI is InChI=1S/C22H25Cl2NO/c1-15(2)25-13-18(9-16-5-3-7-20(23)11-16)22(26)19(14-25)10-17-6-4-8-21(24)12-17/h3-8,11-12,15,18-19H,9-10,13-14H2,1-2H3. The van der Waals surface area contributed by atoms with E-state index in [-0.39, 0.29) is 11.8 Å². The highest BCUT2D eigenvalue weighted by Gasteiger charge is 2.36. The molecule has 2 unspecified atom stereocenters. The van der Waals surface area contributed by atoms with E-state index >= 15 is 0 Å². The molecular formula is C22H25Cl2NO. The molecule has 2 nitrogen and oxygen atoms in total. The number of benzene rings is 2. The predicted octanol–water partition coefficient (Wildman–Crippen LogP) is 5.30. The molecule has 0 spiro atoms. The third-order valence-electron chi connectivity index (χ3n) is 5.19. The number of piperidine rings is 1. The van der Waals surface area contributed by atoms with Gasteiger partial charge in [-0.25, -0.2) is 0 Å². The molecule has 0 aromatic heterocycles. The van der Waals surface area contributed by atoms with E-state index in [1.165, 1.54) is 0 Å². The van der Waals surface area contributed by atoms with E-state index in [4.69, 9.17) is 23.2 Å². The van der Waals surface area contributed by atoms with E-state index in [0.29, 0.717) is 11.8 Å². The van der Waals surface area contributed by atoms with Crippen LogP contribution in [0.3, 0.4) is 0 Å². The van der Waals surface area contributed by atoms with Gasteiger partial charge in [0.2, 0.25) is 0 Å². The lowest BCUT2D eigenvalue weighted by Gasteiger charge is -2.39. The number of hydrogen-bond donors (Lipinski definition) is 0. The van der Waals surface area contributed by atoms with Crippen molar-refractivity contribution < 1.29 is 4.79 Å². The second kappa shape index (κ2) is 8.56. The van der Waals surface area contributed by atoms with Crippen molar-refractivity contribution in [1.82, 2.24) is 4.90 Å². The molecule has 1 aliphatic heterocycles. The maximum absolute atomic E-state index is 13.2. The highest BCUT2D eigenvalue weighted by molar-refractivity contribution is 6.30. The molecule has 1 heterocycles. The van der Waals surface area contributed by atoms with E-state index in [0.717, 1.165) is 47.1 Å². The lowest BCUT2D eigenvalue weighted by atomic mass is 9.80. The number of Topliss-reactive ketones (excluding diaryl/α,β-unsaturated/α-hetero) is 1. The molecule has 2 aromatic rings. The maximum atomic E-state index is 13.2. The Morgan fingerprint density at radius 2 is 1.38 bits per heavy atom. The van der Waals surface area contributed by atoms with Gasteiger partial charge in [0.15, 0.2) is 0 Å². The molecule has 26 heavy (non-hydrogen) atoms. The summed E-state index contributed by atoms with van der Waals surface area (Å²) in [5.41, 5.74) is 2.26. The van der Waals surface area contributed by atoms with Gasteiger partial charge < -0.3 is 0 Å². The highest BCUT2D eigenvalue weighted by Crippen LogP contribution is 2.27. The van der Waals surface area contributed by atoms with Gasteiger partial charge in [-0.05, 0) is 62.1 Å². The Morgan fingerprint density at radius 1 is 0.923 bits per heavy atom. The number of rotatable bonds is 5. The fraction of sp³-hybridized carbons (Fsp3) is 0.409. The first-order valence-electron chi connectivity index (χ1n) is 9.19. The third-order valence-corrected chi connectivity index (χ3v) is 5.66. The first-order valence-corrected chi connectivity index (χ1v) is 9.94. The Morgan fingerprint density at radius 3 is 1.77 bits per heavy atom. The van der Waals surface area contributed by atoms with Gasteiger partial charge in [0.05, 0.1) is 0 Å². The van der Waals surface area contributed by atoms with Crippen LogP contribution < -0.4 is 0 Å². The first kappa shape index (κ1) is 19.4. The van der Waals surface area contributed by atoms with Gasteiger partial charge in [0, 0.05) is 41.0 Å². The fourth-order valence-corrected chi connectivity index (χ4v) is 4.23. The van der Waals surface area contributed by atoms with Crippen LogP contribution in [0.4, 0.5) is 0 Å². The fourth-order valence-electron chi connectivity index (χ4n) is 3.80. The summed E-state index contributed by atoms with van der Waals surface area (Å²) in [6.45, 7) is 6.02. The van der Waals surface area contributed by atoms with Crippen LogP contribution in [0.15, 0.2) is 48.5 Å². The largest absolute Gasteiger partial charge is 0.299 e. The molecule has 0 saturated carbocycles. The van der Waals surface area contributed by atoms with Crippen LogP contribution in [0.1, 0.15) is 25.0 Å². The van der Waals surface area contributed by atoms with Crippen LogP contribution >= 0.6 is 23.2 Å². The second-order valence-corrected chi connectivity index (χ2v) is 8.38. The Balaban J connectivity index is 1.79. The Kier molecular flexibility index (Phi) is 6.39. The monoisotopic (exact) mass is 389 g/mol. The van der Waals surface area contributed by atoms with Gasteiger partial charge in [-0.3, -0.25) is 9.69 Å². The summed E-state index contributed by atoms with van der Waals surface area (Å²) in [6.07, 6.45) is 1.49. The molecule has 0 amide bonds. The van der Waals surface area contributed by atoms with E-state index < -0.39 is 0 Å². The molecule has 2 atom stereocenters. The summed E-state index contributed by atoms with van der Waals surface area (Å²) >= 11 is 12.2. The maximum Gasteiger partial charge on any atom is 0.142 e. The average Bonchev–Trinajstić information content (AvgIpc) is 2.58. The number of nitrogens with zero attached hydrogens (tertiary/aromatic N) is 1. The lowest BCUT2D eigenvalue weighted by molar-refractivity contribution is -0.132. The van der Waals surface area contributed by atoms with Crippen LogP contribution in [0.25, 0.3) is 0 Å². The van der Waals surface area contributed by atoms with Crippen molar-refractivity contribution in [2.75, 3.05) is 13.1 Å². The molecule has 0 bridgehead atoms. The molecular weight excluding hydrogens is 365 g/mol. The van der Waals surface area contributed by atoms with Gasteiger partial charge >= 0.3 is 0 Å². The smallest absolute Gasteiger partial charge is 0.142 e. The Labute approximate surface area is 166 Å². The zero-order valence-corrected chi connectivity index (χ0v) is 16.8. The number of carbonyl (C=O) groups is 1.